The van der Waals surface area contributed by atoms with Crippen molar-refractivity contribution in [2.45, 2.75) is 38.2 Å². The van der Waals surface area contributed by atoms with Crippen molar-refractivity contribution in [3.8, 4) is 0 Å². The van der Waals surface area contributed by atoms with Crippen molar-refractivity contribution in [1.29, 1.82) is 0 Å². The van der Waals surface area contributed by atoms with Crippen LogP contribution in [0.25, 0.3) is 0 Å². The lowest BCUT2D eigenvalue weighted by atomic mass is 9.98. The molecule has 0 amide bonds. The minimum atomic E-state index is -0.681. The second-order valence-corrected chi connectivity index (χ2v) is 3.72. The third-order valence-electron chi connectivity index (χ3n) is 2.51. The van der Waals surface area contributed by atoms with E-state index in [-0.39, 0.29) is 11.9 Å². The Bertz CT molecular complexity index is 257. The Morgan fingerprint density at radius 3 is 2.47 bits per heavy atom. The van der Waals surface area contributed by atoms with E-state index in [0.29, 0.717) is 0 Å². The van der Waals surface area contributed by atoms with E-state index in [4.69, 9.17) is 14.9 Å². The van der Waals surface area contributed by atoms with Gasteiger partial charge in [-0.2, -0.15) is 0 Å². The van der Waals surface area contributed by atoms with Gasteiger partial charge in [-0.05, 0) is 25.7 Å². The maximum Gasteiger partial charge on any atom is 0.377 e. The number of esters is 1. The number of hydrogen-bond acceptors (Lipinski definition) is 6. The Balaban J connectivity index is 2.45. The lowest BCUT2D eigenvalue weighted by Gasteiger charge is -2.22. The molecule has 0 radical (unpaired) electrons. The summed E-state index contributed by atoms with van der Waals surface area (Å²) >= 11 is 0. The molecule has 0 aromatic heterocycles. The highest BCUT2D eigenvalue weighted by molar-refractivity contribution is 5.86. The van der Waals surface area contributed by atoms with Crippen molar-refractivity contribution in [3.05, 3.63) is 12.0 Å². The summed E-state index contributed by atoms with van der Waals surface area (Å²) < 4.78 is 14.4. The molecule has 0 saturated heterocycles. The lowest BCUT2D eigenvalue weighted by molar-refractivity contribution is -0.152. The highest BCUT2D eigenvalue weighted by Gasteiger charge is 2.21. The number of ether oxygens (including phenoxy) is 3. The summed E-state index contributed by atoms with van der Waals surface area (Å²) in [5, 5.41) is 17.1. The fourth-order valence-corrected chi connectivity index (χ4v) is 1.72. The van der Waals surface area contributed by atoms with E-state index in [0.717, 1.165) is 38.4 Å². The van der Waals surface area contributed by atoms with Crippen LogP contribution >= 0.6 is 0 Å². The van der Waals surface area contributed by atoms with Crippen LogP contribution in [0.2, 0.25) is 0 Å². The van der Waals surface area contributed by atoms with Gasteiger partial charge in [0.15, 0.2) is 13.6 Å². The fraction of sp³-hybridized carbons (Fsp3) is 0.727. The molecule has 1 aliphatic rings. The average molecular weight is 246 g/mol. The first-order valence-corrected chi connectivity index (χ1v) is 5.65. The molecular weight excluding hydrogens is 228 g/mol. The van der Waals surface area contributed by atoms with Crippen LogP contribution < -0.4 is 0 Å². The first-order chi connectivity index (χ1) is 8.27. The first-order valence-electron chi connectivity index (χ1n) is 5.65. The van der Waals surface area contributed by atoms with E-state index in [1.165, 1.54) is 0 Å². The third-order valence-corrected chi connectivity index (χ3v) is 2.51. The number of rotatable bonds is 6. The van der Waals surface area contributed by atoms with E-state index in [2.05, 4.69) is 9.47 Å². The van der Waals surface area contributed by atoms with E-state index in [9.17, 15) is 4.79 Å². The van der Waals surface area contributed by atoms with Gasteiger partial charge in [-0.25, -0.2) is 4.79 Å². The Labute approximate surface area is 99.8 Å². The first kappa shape index (κ1) is 13.8. The van der Waals surface area contributed by atoms with Gasteiger partial charge in [-0.15, -0.1) is 0 Å². The van der Waals surface area contributed by atoms with Crippen molar-refractivity contribution < 1.29 is 29.2 Å². The van der Waals surface area contributed by atoms with Crippen molar-refractivity contribution in [2.24, 2.45) is 0 Å². The molecule has 0 aromatic rings. The summed E-state index contributed by atoms with van der Waals surface area (Å²) in [6, 6.07) is 0. The van der Waals surface area contributed by atoms with Gasteiger partial charge in [0.1, 0.15) is 12.4 Å². The number of aliphatic hydroxyl groups is 2. The standard InChI is InChI=1S/C11H18O6/c12-7-15-6-10(16-8-13)11(14)17-9-4-2-1-3-5-9/h6,9,12-13H,1-5,7-8H2. The Morgan fingerprint density at radius 2 is 1.88 bits per heavy atom. The summed E-state index contributed by atoms with van der Waals surface area (Å²) in [6.07, 6.45) is 5.78. The molecule has 17 heavy (non-hydrogen) atoms. The van der Waals surface area contributed by atoms with Crippen LogP contribution in [-0.4, -0.2) is 35.9 Å². The molecule has 1 fully saturated rings. The predicted molar refractivity (Wildman–Crippen MR) is 57.4 cm³/mol. The average Bonchev–Trinajstić information content (AvgIpc) is 2.35. The summed E-state index contributed by atoms with van der Waals surface area (Å²) in [4.78, 5) is 11.6. The monoisotopic (exact) mass is 246 g/mol. The molecule has 1 aliphatic carbocycles. The molecule has 0 spiro atoms. The van der Waals surface area contributed by atoms with Gasteiger partial charge < -0.3 is 24.4 Å². The molecule has 1 rings (SSSR count). The second-order valence-electron chi connectivity index (χ2n) is 3.72. The number of hydrogen-bond donors (Lipinski definition) is 2. The van der Waals surface area contributed by atoms with Crippen molar-refractivity contribution >= 4 is 5.97 Å². The zero-order valence-electron chi connectivity index (χ0n) is 9.63. The van der Waals surface area contributed by atoms with Crippen LogP contribution in [0.15, 0.2) is 12.0 Å². The SMILES string of the molecule is O=C(OC1CCCCC1)C(=COCO)OCO. The molecule has 6 nitrogen and oxygen atoms in total. The van der Waals surface area contributed by atoms with Crippen LogP contribution in [0.4, 0.5) is 0 Å². The molecule has 0 aliphatic heterocycles. The van der Waals surface area contributed by atoms with Gasteiger partial charge in [0.2, 0.25) is 5.76 Å². The molecule has 98 valence electrons. The number of carbonyl (C=O) groups excluding carboxylic acids is 1. The minimum absolute atomic E-state index is 0.101. The quantitative estimate of drug-likeness (QED) is 0.309. The van der Waals surface area contributed by atoms with Crippen molar-refractivity contribution in [2.75, 3.05) is 13.6 Å². The molecule has 0 atom stereocenters. The maximum absolute atomic E-state index is 11.6. The molecule has 0 heterocycles. The van der Waals surface area contributed by atoms with Gasteiger partial charge in [-0.3, -0.25) is 0 Å². The van der Waals surface area contributed by atoms with E-state index >= 15 is 0 Å². The summed E-state index contributed by atoms with van der Waals surface area (Å²) in [5.74, 6) is -0.925. The molecule has 6 heteroatoms. The fourth-order valence-electron chi connectivity index (χ4n) is 1.72. The highest BCUT2D eigenvalue weighted by atomic mass is 16.6. The van der Waals surface area contributed by atoms with Crippen molar-refractivity contribution in [1.82, 2.24) is 0 Å². The minimum Gasteiger partial charge on any atom is -0.471 e. The topological polar surface area (TPSA) is 85.2 Å². The smallest absolute Gasteiger partial charge is 0.377 e. The maximum atomic E-state index is 11.6. The second kappa shape index (κ2) is 7.92. The largest absolute Gasteiger partial charge is 0.471 e. The Hall–Kier alpha value is -1.27. The van der Waals surface area contributed by atoms with E-state index in [1.807, 2.05) is 0 Å². The molecular formula is C11H18O6. The molecule has 0 aromatic carbocycles. The van der Waals surface area contributed by atoms with Gasteiger partial charge in [0, 0.05) is 0 Å². The van der Waals surface area contributed by atoms with Crippen LogP contribution in [-0.2, 0) is 19.0 Å². The van der Waals surface area contributed by atoms with Gasteiger partial charge in [0.05, 0.1) is 0 Å². The number of aliphatic hydroxyl groups excluding tert-OH is 2. The summed E-state index contributed by atoms with van der Waals surface area (Å²) in [6.45, 7) is -1.23. The van der Waals surface area contributed by atoms with Crippen LogP contribution in [0, 0.1) is 0 Å². The Morgan fingerprint density at radius 1 is 1.18 bits per heavy atom. The third kappa shape index (κ3) is 5.06. The Kier molecular flexibility index (Phi) is 6.42. The van der Waals surface area contributed by atoms with Crippen LogP contribution in [0.3, 0.4) is 0 Å². The van der Waals surface area contributed by atoms with Gasteiger partial charge in [-0.1, -0.05) is 6.42 Å². The van der Waals surface area contributed by atoms with E-state index < -0.39 is 19.6 Å². The lowest BCUT2D eigenvalue weighted by Crippen LogP contribution is -2.23. The zero-order chi connectivity index (χ0) is 12.5. The van der Waals surface area contributed by atoms with Crippen LogP contribution in [0.1, 0.15) is 32.1 Å². The summed E-state index contributed by atoms with van der Waals surface area (Å²) in [7, 11) is 0. The van der Waals surface area contributed by atoms with Crippen molar-refractivity contribution in [3.63, 3.8) is 0 Å². The number of carbonyl (C=O) groups is 1. The van der Waals surface area contributed by atoms with Gasteiger partial charge in [0.25, 0.3) is 0 Å². The zero-order valence-corrected chi connectivity index (χ0v) is 9.63. The summed E-state index contributed by atoms with van der Waals surface area (Å²) in [5.41, 5.74) is 0. The predicted octanol–water partition coefficient (Wildman–Crippen LogP) is 0.636. The van der Waals surface area contributed by atoms with Gasteiger partial charge >= 0.3 is 5.97 Å². The highest BCUT2D eigenvalue weighted by Crippen LogP contribution is 2.21. The molecule has 2 N–H and O–H groups in total. The molecule has 0 unspecified atom stereocenters. The molecule has 1 saturated carbocycles. The van der Waals surface area contributed by atoms with Crippen LogP contribution in [0.5, 0.6) is 0 Å². The molecule has 0 bridgehead atoms. The van der Waals surface area contributed by atoms with E-state index in [1.54, 1.807) is 0 Å². The normalized spacial score (nSPS) is 17.6.